The van der Waals surface area contributed by atoms with Gasteiger partial charge in [0.05, 0.1) is 11.3 Å². The molecule has 0 fully saturated rings. The van der Waals surface area contributed by atoms with Gasteiger partial charge >= 0.3 is 6.18 Å². The first-order valence-electron chi connectivity index (χ1n) is 6.18. The van der Waals surface area contributed by atoms with Crippen LogP contribution in [-0.2, 0) is 19.6 Å². The van der Waals surface area contributed by atoms with Crippen LogP contribution in [0.25, 0.3) is 0 Å². The van der Waals surface area contributed by atoms with E-state index in [0.717, 1.165) is 6.07 Å². The van der Waals surface area contributed by atoms with Gasteiger partial charge in [0.25, 0.3) is 0 Å². The van der Waals surface area contributed by atoms with Gasteiger partial charge in [0.15, 0.2) is 0 Å². The zero-order valence-electron chi connectivity index (χ0n) is 11.3. The average Bonchev–Trinajstić information content (AvgIpc) is 2.78. The Hall–Kier alpha value is -2.18. The number of ketones is 1. The molecule has 0 saturated heterocycles. The van der Waals surface area contributed by atoms with Crippen molar-refractivity contribution in [2.75, 3.05) is 0 Å². The van der Waals surface area contributed by atoms with Crippen LogP contribution in [-0.4, -0.2) is 15.6 Å². The first-order valence-corrected chi connectivity index (χ1v) is 6.18. The van der Waals surface area contributed by atoms with E-state index >= 15 is 0 Å². The minimum Gasteiger partial charge on any atom is -0.287 e. The number of aromatic nitrogens is 2. The third kappa shape index (κ3) is 2.96. The van der Waals surface area contributed by atoms with E-state index in [1.807, 2.05) is 6.92 Å². The molecule has 2 aromatic rings. The van der Waals surface area contributed by atoms with Gasteiger partial charge in [0.2, 0.25) is 5.78 Å². The number of carbonyl (C=O) groups excluding carboxylic acids is 1. The third-order valence-electron chi connectivity index (χ3n) is 3.06. The largest absolute Gasteiger partial charge is 0.419 e. The Morgan fingerprint density at radius 3 is 2.48 bits per heavy atom. The van der Waals surface area contributed by atoms with E-state index in [1.54, 1.807) is 0 Å². The summed E-state index contributed by atoms with van der Waals surface area (Å²) in [5, 5.41) is 4.06. The molecule has 0 unspecified atom stereocenters. The fourth-order valence-corrected chi connectivity index (χ4v) is 1.94. The number of aryl methyl sites for hydroxylation is 2. The molecule has 0 saturated carbocycles. The van der Waals surface area contributed by atoms with E-state index < -0.39 is 23.3 Å². The number of carbonyl (C=O) groups is 1. The fraction of sp³-hybridized carbons (Fsp3) is 0.286. The second-order valence-electron chi connectivity index (χ2n) is 4.52. The van der Waals surface area contributed by atoms with E-state index in [4.69, 9.17) is 0 Å². The Labute approximate surface area is 118 Å². The van der Waals surface area contributed by atoms with E-state index in [-0.39, 0.29) is 11.3 Å². The maximum absolute atomic E-state index is 13.2. The summed E-state index contributed by atoms with van der Waals surface area (Å²) in [6.07, 6.45) is -4.25. The van der Waals surface area contributed by atoms with Gasteiger partial charge in [-0.05, 0) is 30.7 Å². The van der Waals surface area contributed by atoms with Crippen molar-refractivity contribution < 1.29 is 22.4 Å². The summed E-state index contributed by atoms with van der Waals surface area (Å²) in [5.41, 5.74) is -0.869. The highest BCUT2D eigenvalue weighted by molar-refractivity contribution is 6.08. The maximum Gasteiger partial charge on any atom is 0.419 e. The molecule has 0 N–H and O–H groups in total. The summed E-state index contributed by atoms with van der Waals surface area (Å²) in [6, 6.07) is 3.72. The molecule has 3 nitrogen and oxygen atoms in total. The smallest absolute Gasteiger partial charge is 0.287 e. The summed E-state index contributed by atoms with van der Waals surface area (Å²) >= 11 is 0. The Kier molecular flexibility index (Phi) is 3.85. The molecule has 0 aliphatic rings. The van der Waals surface area contributed by atoms with Crippen LogP contribution in [0.15, 0.2) is 24.3 Å². The van der Waals surface area contributed by atoms with Crippen LogP contribution < -0.4 is 0 Å². The first kappa shape index (κ1) is 15.2. The van der Waals surface area contributed by atoms with E-state index in [0.29, 0.717) is 24.2 Å². The van der Waals surface area contributed by atoms with Crippen molar-refractivity contribution >= 4 is 5.78 Å². The lowest BCUT2D eigenvalue weighted by Gasteiger charge is -2.09. The van der Waals surface area contributed by atoms with E-state index in [2.05, 4.69) is 5.10 Å². The van der Waals surface area contributed by atoms with Gasteiger partial charge in [-0.2, -0.15) is 18.3 Å². The lowest BCUT2D eigenvalue weighted by molar-refractivity contribution is -0.140. The van der Waals surface area contributed by atoms with Gasteiger partial charge in [-0.1, -0.05) is 6.92 Å². The molecular weight excluding hydrogens is 288 g/mol. The topological polar surface area (TPSA) is 34.9 Å². The highest BCUT2D eigenvalue weighted by Crippen LogP contribution is 2.32. The Morgan fingerprint density at radius 2 is 1.95 bits per heavy atom. The van der Waals surface area contributed by atoms with Crippen LogP contribution in [0.3, 0.4) is 0 Å². The Morgan fingerprint density at radius 1 is 1.29 bits per heavy atom. The molecule has 0 radical (unpaired) electrons. The monoisotopic (exact) mass is 300 g/mol. The molecular formula is C14H12F4N2O. The summed E-state index contributed by atoms with van der Waals surface area (Å²) in [6.45, 7) is 1.84. The number of rotatable bonds is 3. The van der Waals surface area contributed by atoms with Crippen LogP contribution in [0.5, 0.6) is 0 Å². The predicted molar refractivity (Wildman–Crippen MR) is 67.4 cm³/mol. The number of alkyl halides is 3. The summed E-state index contributed by atoms with van der Waals surface area (Å²) in [5.74, 6) is -2.03. The molecule has 0 aliphatic heterocycles. The predicted octanol–water partition coefficient (Wildman–Crippen LogP) is 3.37. The average molecular weight is 300 g/mol. The number of nitrogens with zero attached hydrogens (tertiary/aromatic N) is 2. The maximum atomic E-state index is 13.2. The molecule has 112 valence electrons. The van der Waals surface area contributed by atoms with Crippen molar-refractivity contribution in [2.45, 2.75) is 19.5 Å². The normalized spacial score (nSPS) is 11.7. The zero-order valence-corrected chi connectivity index (χ0v) is 11.3. The molecule has 1 heterocycles. The Bertz CT molecular complexity index is 689. The minimum absolute atomic E-state index is 0.159. The SMILES string of the molecule is CCc1cc(C(=O)c2ccc(F)c(C(F)(F)F)c2)n(C)n1. The van der Waals surface area contributed by atoms with Gasteiger partial charge in [-0.25, -0.2) is 4.39 Å². The second-order valence-corrected chi connectivity index (χ2v) is 4.52. The van der Waals surface area contributed by atoms with E-state index in [1.165, 1.54) is 17.8 Å². The van der Waals surface area contributed by atoms with Crippen LogP contribution >= 0.6 is 0 Å². The lowest BCUT2D eigenvalue weighted by atomic mass is 10.0. The molecule has 0 aliphatic carbocycles. The Balaban J connectivity index is 2.46. The molecule has 1 aromatic carbocycles. The van der Waals surface area contributed by atoms with Crippen LogP contribution in [0.2, 0.25) is 0 Å². The van der Waals surface area contributed by atoms with Crippen molar-refractivity contribution in [3.63, 3.8) is 0 Å². The van der Waals surface area contributed by atoms with Gasteiger partial charge in [0, 0.05) is 12.6 Å². The van der Waals surface area contributed by atoms with Crippen molar-refractivity contribution in [1.29, 1.82) is 0 Å². The van der Waals surface area contributed by atoms with Crippen molar-refractivity contribution in [1.82, 2.24) is 9.78 Å². The van der Waals surface area contributed by atoms with Crippen LogP contribution in [0.4, 0.5) is 17.6 Å². The lowest BCUT2D eigenvalue weighted by Crippen LogP contribution is -2.12. The number of benzene rings is 1. The molecule has 0 atom stereocenters. The molecule has 0 amide bonds. The standard InChI is InChI=1S/C14H12F4N2O/c1-3-9-7-12(20(2)19-9)13(21)8-4-5-11(15)10(6-8)14(16,17)18/h4-7H,3H2,1-2H3. The highest BCUT2D eigenvalue weighted by atomic mass is 19.4. The molecule has 2 rings (SSSR count). The van der Waals surface area contributed by atoms with Crippen molar-refractivity contribution in [3.8, 4) is 0 Å². The number of halogens is 4. The van der Waals surface area contributed by atoms with Gasteiger partial charge in [0.1, 0.15) is 11.5 Å². The van der Waals surface area contributed by atoms with Crippen LogP contribution in [0.1, 0.15) is 34.2 Å². The third-order valence-corrected chi connectivity index (χ3v) is 3.06. The first-order chi connectivity index (χ1) is 9.74. The summed E-state index contributed by atoms with van der Waals surface area (Å²) < 4.78 is 52.5. The summed E-state index contributed by atoms with van der Waals surface area (Å²) in [7, 11) is 1.53. The van der Waals surface area contributed by atoms with E-state index in [9.17, 15) is 22.4 Å². The molecule has 7 heteroatoms. The summed E-state index contributed by atoms with van der Waals surface area (Å²) in [4.78, 5) is 12.2. The number of hydrogen-bond acceptors (Lipinski definition) is 2. The minimum atomic E-state index is -4.85. The number of hydrogen-bond donors (Lipinski definition) is 0. The van der Waals surface area contributed by atoms with Gasteiger partial charge in [-0.3, -0.25) is 9.48 Å². The quantitative estimate of drug-likeness (QED) is 0.643. The molecule has 21 heavy (non-hydrogen) atoms. The van der Waals surface area contributed by atoms with Crippen LogP contribution in [0, 0.1) is 5.82 Å². The van der Waals surface area contributed by atoms with Gasteiger partial charge < -0.3 is 0 Å². The second kappa shape index (κ2) is 5.31. The van der Waals surface area contributed by atoms with Crippen molar-refractivity contribution in [3.05, 3.63) is 52.6 Å². The fourth-order valence-electron chi connectivity index (χ4n) is 1.94. The molecule has 1 aromatic heterocycles. The zero-order chi connectivity index (χ0) is 15.8. The van der Waals surface area contributed by atoms with Crippen molar-refractivity contribution in [2.24, 2.45) is 7.05 Å². The molecule has 0 bridgehead atoms. The molecule has 0 spiro atoms. The highest BCUT2D eigenvalue weighted by Gasteiger charge is 2.34. The van der Waals surface area contributed by atoms with Gasteiger partial charge in [-0.15, -0.1) is 0 Å².